The Morgan fingerprint density at radius 1 is 1.37 bits per heavy atom. The fourth-order valence-electron chi connectivity index (χ4n) is 2.94. The quantitative estimate of drug-likeness (QED) is 0.817. The van der Waals surface area contributed by atoms with Crippen LogP contribution in [0, 0.1) is 5.92 Å². The number of methoxy groups -OCH3 is 1. The molecule has 0 spiro atoms. The number of rotatable bonds is 7. The van der Waals surface area contributed by atoms with Gasteiger partial charge in [-0.1, -0.05) is 13.8 Å². The zero-order chi connectivity index (χ0) is 13.7. The van der Waals surface area contributed by atoms with E-state index in [1.165, 1.54) is 30.6 Å². The first-order valence-electron chi connectivity index (χ1n) is 7.60. The SMILES string of the molecule is CCNC(c1cc2c(s1)CCCC2)C(C)CCOC. The van der Waals surface area contributed by atoms with Crippen molar-refractivity contribution in [3.8, 4) is 0 Å². The molecule has 3 heteroatoms. The van der Waals surface area contributed by atoms with Gasteiger partial charge in [0.25, 0.3) is 0 Å². The summed E-state index contributed by atoms with van der Waals surface area (Å²) in [4.78, 5) is 3.18. The van der Waals surface area contributed by atoms with Gasteiger partial charge in [-0.25, -0.2) is 0 Å². The van der Waals surface area contributed by atoms with Crippen molar-refractivity contribution in [2.75, 3.05) is 20.3 Å². The highest BCUT2D eigenvalue weighted by molar-refractivity contribution is 7.12. The number of ether oxygens (including phenoxy) is 1. The standard InChI is InChI=1S/C16H27NOS/c1-4-17-16(12(2)9-10-18-3)15-11-13-7-5-6-8-14(13)19-15/h11-12,16-17H,4-10H2,1-3H3. The second-order valence-corrected chi connectivity index (χ2v) is 6.77. The van der Waals surface area contributed by atoms with E-state index in [1.807, 2.05) is 11.3 Å². The van der Waals surface area contributed by atoms with Crippen LogP contribution < -0.4 is 5.32 Å². The van der Waals surface area contributed by atoms with Crippen LogP contribution in [0.1, 0.15) is 54.5 Å². The van der Waals surface area contributed by atoms with Crippen molar-refractivity contribution in [2.24, 2.45) is 5.92 Å². The molecule has 2 unspecified atom stereocenters. The Balaban J connectivity index is 2.11. The Morgan fingerprint density at radius 2 is 2.16 bits per heavy atom. The smallest absolute Gasteiger partial charge is 0.0465 e. The zero-order valence-electron chi connectivity index (χ0n) is 12.5. The molecule has 1 aliphatic carbocycles. The lowest BCUT2D eigenvalue weighted by Gasteiger charge is -2.23. The molecular weight excluding hydrogens is 254 g/mol. The molecule has 0 aliphatic heterocycles. The van der Waals surface area contributed by atoms with Crippen LogP contribution in [0.15, 0.2) is 6.07 Å². The molecule has 1 aromatic rings. The molecule has 0 saturated carbocycles. The summed E-state index contributed by atoms with van der Waals surface area (Å²) >= 11 is 2.04. The monoisotopic (exact) mass is 281 g/mol. The van der Waals surface area contributed by atoms with Gasteiger partial charge in [0, 0.05) is 29.5 Å². The van der Waals surface area contributed by atoms with E-state index in [9.17, 15) is 0 Å². The van der Waals surface area contributed by atoms with Gasteiger partial charge in [-0.15, -0.1) is 11.3 Å². The van der Waals surface area contributed by atoms with E-state index in [-0.39, 0.29) is 0 Å². The van der Waals surface area contributed by atoms with Gasteiger partial charge in [0.05, 0.1) is 0 Å². The van der Waals surface area contributed by atoms with Crippen molar-refractivity contribution in [3.05, 3.63) is 21.4 Å². The van der Waals surface area contributed by atoms with Crippen molar-refractivity contribution in [3.63, 3.8) is 0 Å². The molecule has 108 valence electrons. The summed E-state index contributed by atoms with van der Waals surface area (Å²) in [5, 5.41) is 3.67. The van der Waals surface area contributed by atoms with Gasteiger partial charge in [-0.05, 0) is 56.2 Å². The van der Waals surface area contributed by atoms with Crippen LogP contribution in [0.25, 0.3) is 0 Å². The third-order valence-electron chi connectivity index (χ3n) is 4.09. The molecule has 0 radical (unpaired) electrons. The summed E-state index contributed by atoms with van der Waals surface area (Å²) in [6.45, 7) is 6.42. The average molecular weight is 281 g/mol. The summed E-state index contributed by atoms with van der Waals surface area (Å²) in [6, 6.07) is 2.96. The summed E-state index contributed by atoms with van der Waals surface area (Å²) < 4.78 is 5.23. The Kier molecular flexibility index (Phi) is 5.86. The fraction of sp³-hybridized carbons (Fsp3) is 0.750. The van der Waals surface area contributed by atoms with Crippen molar-refractivity contribution in [1.29, 1.82) is 0 Å². The van der Waals surface area contributed by atoms with Crippen LogP contribution in [-0.4, -0.2) is 20.3 Å². The maximum Gasteiger partial charge on any atom is 0.0465 e. The summed E-state index contributed by atoms with van der Waals surface area (Å²) in [6.07, 6.45) is 6.45. The minimum atomic E-state index is 0.496. The predicted octanol–water partition coefficient (Wildman–Crippen LogP) is 3.95. The average Bonchev–Trinajstić information content (AvgIpc) is 2.85. The van der Waals surface area contributed by atoms with E-state index in [0.717, 1.165) is 19.6 Å². The highest BCUT2D eigenvalue weighted by Gasteiger charge is 2.22. The van der Waals surface area contributed by atoms with Crippen LogP contribution in [-0.2, 0) is 17.6 Å². The molecule has 0 aromatic carbocycles. The van der Waals surface area contributed by atoms with E-state index in [1.54, 1.807) is 17.6 Å². The fourth-order valence-corrected chi connectivity index (χ4v) is 4.41. The molecule has 2 rings (SSSR count). The zero-order valence-corrected chi connectivity index (χ0v) is 13.3. The predicted molar refractivity (Wildman–Crippen MR) is 83.0 cm³/mol. The normalized spacial score (nSPS) is 18.1. The Bertz CT molecular complexity index is 365. The molecular formula is C16H27NOS. The first-order valence-corrected chi connectivity index (χ1v) is 8.41. The van der Waals surface area contributed by atoms with Crippen LogP contribution in [0.5, 0.6) is 0 Å². The largest absolute Gasteiger partial charge is 0.385 e. The molecule has 1 N–H and O–H groups in total. The molecule has 2 nitrogen and oxygen atoms in total. The first-order chi connectivity index (χ1) is 9.26. The van der Waals surface area contributed by atoms with Gasteiger partial charge in [-0.2, -0.15) is 0 Å². The first kappa shape index (κ1) is 15.0. The summed E-state index contributed by atoms with van der Waals surface area (Å²) in [5.41, 5.74) is 1.62. The molecule has 19 heavy (non-hydrogen) atoms. The highest BCUT2D eigenvalue weighted by Crippen LogP contribution is 2.36. The minimum absolute atomic E-state index is 0.496. The lowest BCUT2D eigenvalue weighted by atomic mass is 9.94. The Labute approximate surface area is 121 Å². The van der Waals surface area contributed by atoms with Gasteiger partial charge >= 0.3 is 0 Å². The second-order valence-electron chi connectivity index (χ2n) is 5.60. The third-order valence-corrected chi connectivity index (χ3v) is 5.41. The number of fused-ring (bicyclic) bond motifs is 1. The molecule has 0 bridgehead atoms. The second kappa shape index (κ2) is 7.41. The number of aryl methyl sites for hydroxylation is 2. The molecule has 0 amide bonds. The lowest BCUT2D eigenvalue weighted by molar-refractivity contribution is 0.171. The van der Waals surface area contributed by atoms with Crippen molar-refractivity contribution < 1.29 is 4.74 Å². The maximum atomic E-state index is 5.23. The molecule has 1 aromatic heterocycles. The summed E-state index contributed by atoms with van der Waals surface area (Å²) in [7, 11) is 1.79. The van der Waals surface area contributed by atoms with Crippen molar-refractivity contribution >= 4 is 11.3 Å². The van der Waals surface area contributed by atoms with Gasteiger partial charge in [0.2, 0.25) is 0 Å². The van der Waals surface area contributed by atoms with Crippen LogP contribution in [0.4, 0.5) is 0 Å². The van der Waals surface area contributed by atoms with E-state index < -0.39 is 0 Å². The van der Waals surface area contributed by atoms with Crippen molar-refractivity contribution in [1.82, 2.24) is 5.32 Å². The van der Waals surface area contributed by atoms with E-state index in [2.05, 4.69) is 25.2 Å². The molecule has 1 heterocycles. The minimum Gasteiger partial charge on any atom is -0.385 e. The van der Waals surface area contributed by atoms with Crippen LogP contribution >= 0.6 is 11.3 Å². The lowest BCUT2D eigenvalue weighted by Crippen LogP contribution is -2.26. The maximum absolute atomic E-state index is 5.23. The third kappa shape index (κ3) is 3.80. The van der Waals surface area contributed by atoms with Crippen LogP contribution in [0.3, 0.4) is 0 Å². The summed E-state index contributed by atoms with van der Waals surface area (Å²) in [5.74, 6) is 0.625. The van der Waals surface area contributed by atoms with Gasteiger partial charge in [0.1, 0.15) is 0 Å². The topological polar surface area (TPSA) is 21.3 Å². The van der Waals surface area contributed by atoms with Gasteiger partial charge < -0.3 is 10.1 Å². The van der Waals surface area contributed by atoms with Gasteiger partial charge in [-0.3, -0.25) is 0 Å². The number of hydrogen-bond donors (Lipinski definition) is 1. The van der Waals surface area contributed by atoms with E-state index in [0.29, 0.717) is 12.0 Å². The number of nitrogens with one attached hydrogen (secondary N) is 1. The Hall–Kier alpha value is -0.380. The van der Waals surface area contributed by atoms with E-state index in [4.69, 9.17) is 4.74 Å². The molecule has 0 fully saturated rings. The number of hydrogen-bond acceptors (Lipinski definition) is 3. The van der Waals surface area contributed by atoms with E-state index >= 15 is 0 Å². The Morgan fingerprint density at radius 3 is 2.84 bits per heavy atom. The highest BCUT2D eigenvalue weighted by atomic mass is 32.1. The molecule has 1 aliphatic rings. The van der Waals surface area contributed by atoms with Crippen LogP contribution in [0.2, 0.25) is 0 Å². The van der Waals surface area contributed by atoms with Crippen molar-refractivity contribution in [2.45, 2.75) is 52.0 Å². The molecule has 2 atom stereocenters. The number of thiophene rings is 1. The van der Waals surface area contributed by atoms with Gasteiger partial charge in [0.15, 0.2) is 0 Å². The molecule has 0 saturated heterocycles.